The summed E-state index contributed by atoms with van der Waals surface area (Å²) in [4.78, 5) is 15.8. The van der Waals surface area contributed by atoms with Gasteiger partial charge in [-0.2, -0.15) is 4.80 Å². The number of hydrogen-bond donors (Lipinski definition) is 1. The highest BCUT2D eigenvalue weighted by Gasteiger charge is 2.25. The molecule has 9 nitrogen and oxygen atoms in total. The first-order valence-electron chi connectivity index (χ1n) is 9.40. The predicted molar refractivity (Wildman–Crippen MR) is 112 cm³/mol. The molecule has 0 atom stereocenters. The highest BCUT2D eigenvalue weighted by atomic mass is 35.5. The summed E-state index contributed by atoms with van der Waals surface area (Å²) < 4.78 is 11.2. The largest absolute Gasteiger partial charge is 0.493 e. The molecule has 0 fully saturated rings. The Morgan fingerprint density at radius 2 is 2.13 bits per heavy atom. The number of methoxy groups -OCH3 is 1. The Morgan fingerprint density at radius 1 is 1.30 bits per heavy atom. The highest BCUT2D eigenvalue weighted by Crippen LogP contribution is 2.37. The van der Waals surface area contributed by atoms with Gasteiger partial charge in [0.25, 0.3) is 11.9 Å². The number of amides is 1. The second-order valence-electron chi connectivity index (χ2n) is 6.78. The first-order valence-corrected chi connectivity index (χ1v) is 9.78. The van der Waals surface area contributed by atoms with E-state index < -0.39 is 0 Å². The summed E-state index contributed by atoms with van der Waals surface area (Å²) in [6.45, 7) is 0.935. The van der Waals surface area contributed by atoms with Crippen LogP contribution in [0, 0.1) is 0 Å². The molecule has 0 radical (unpaired) electrons. The normalized spacial score (nSPS) is 12.6. The van der Waals surface area contributed by atoms with E-state index in [9.17, 15) is 4.79 Å². The van der Waals surface area contributed by atoms with Gasteiger partial charge >= 0.3 is 0 Å². The minimum atomic E-state index is -0.133. The minimum absolute atomic E-state index is 0.127. The molecule has 0 spiro atoms. The smallest absolute Gasteiger partial charge is 0.264 e. The molecule has 1 N–H and O–H groups in total. The van der Waals surface area contributed by atoms with Crippen molar-refractivity contribution in [3.63, 3.8) is 0 Å². The fourth-order valence-corrected chi connectivity index (χ4v) is 3.65. The molecule has 0 bridgehead atoms. The number of aromatic nitrogens is 4. The van der Waals surface area contributed by atoms with Gasteiger partial charge < -0.3 is 19.7 Å². The maximum atomic E-state index is 12.7. The number of nitrogens with zero attached hydrogens (tertiary/aromatic N) is 5. The summed E-state index contributed by atoms with van der Waals surface area (Å²) in [5, 5.41) is 15.1. The van der Waals surface area contributed by atoms with E-state index >= 15 is 0 Å². The van der Waals surface area contributed by atoms with Crippen LogP contribution in [0.15, 0.2) is 36.4 Å². The lowest BCUT2D eigenvalue weighted by Crippen LogP contribution is -2.33. The Balaban J connectivity index is 1.43. The van der Waals surface area contributed by atoms with Gasteiger partial charge in [0.2, 0.25) is 0 Å². The lowest BCUT2D eigenvalue weighted by atomic mass is 10.2. The zero-order valence-corrected chi connectivity index (χ0v) is 17.4. The van der Waals surface area contributed by atoms with Crippen molar-refractivity contribution >= 4 is 29.1 Å². The predicted octanol–water partition coefficient (Wildman–Crippen LogP) is 2.45. The lowest BCUT2D eigenvalue weighted by Gasteiger charge is -2.19. The van der Waals surface area contributed by atoms with Gasteiger partial charge in [-0.05, 0) is 41.0 Å². The molecule has 10 heteroatoms. The molecule has 156 valence electrons. The van der Waals surface area contributed by atoms with Crippen molar-refractivity contribution in [2.75, 3.05) is 30.5 Å². The molecule has 1 amide bonds. The average molecular weight is 429 g/mol. The van der Waals surface area contributed by atoms with Gasteiger partial charge in [0.15, 0.2) is 18.1 Å². The number of ether oxygens (including phenoxy) is 2. The number of nitrogens with one attached hydrogen (secondary N) is 1. The molecule has 1 aromatic heterocycles. The van der Waals surface area contributed by atoms with Crippen LogP contribution < -0.4 is 19.7 Å². The van der Waals surface area contributed by atoms with Crippen LogP contribution >= 0.6 is 11.6 Å². The number of hydrogen-bond acceptors (Lipinski definition) is 7. The van der Waals surface area contributed by atoms with E-state index in [1.165, 1.54) is 11.9 Å². The lowest BCUT2D eigenvalue weighted by molar-refractivity contribution is -0.120. The van der Waals surface area contributed by atoms with E-state index in [1.54, 1.807) is 24.1 Å². The summed E-state index contributed by atoms with van der Waals surface area (Å²) in [7, 11) is 3.21. The first kappa shape index (κ1) is 20.0. The second-order valence-corrected chi connectivity index (χ2v) is 7.19. The zero-order chi connectivity index (χ0) is 21.1. The Hall–Kier alpha value is -3.33. The van der Waals surface area contributed by atoms with E-state index in [2.05, 4.69) is 20.7 Å². The Labute approximate surface area is 178 Å². The standard InChI is InChI=1S/C20H21ClN6O3/c1-26-24-20(23-25-26)22-11-13-9-15(21)19(17(10-13)29-2)30-12-18(28)27-8-7-14-5-3-4-6-16(14)27/h3-6,9-10H,7-8,11-12H2,1-2H3,(H,22,24). The number of tetrazole rings is 1. The summed E-state index contributed by atoms with van der Waals surface area (Å²) >= 11 is 6.42. The van der Waals surface area contributed by atoms with Crippen LogP contribution in [0.1, 0.15) is 11.1 Å². The molecule has 30 heavy (non-hydrogen) atoms. The number of fused-ring (bicyclic) bond motifs is 1. The van der Waals surface area contributed by atoms with Crippen LogP contribution in [0.4, 0.5) is 11.6 Å². The fourth-order valence-electron chi connectivity index (χ4n) is 3.36. The molecular weight excluding hydrogens is 408 g/mol. The summed E-state index contributed by atoms with van der Waals surface area (Å²) in [5.41, 5.74) is 2.94. The van der Waals surface area contributed by atoms with Crippen LogP contribution in [-0.2, 0) is 24.8 Å². The van der Waals surface area contributed by atoms with Gasteiger partial charge in [0.1, 0.15) is 0 Å². The van der Waals surface area contributed by atoms with Gasteiger partial charge in [-0.1, -0.05) is 34.9 Å². The zero-order valence-electron chi connectivity index (χ0n) is 16.6. The Kier molecular flexibility index (Phi) is 5.71. The quantitative estimate of drug-likeness (QED) is 0.617. The Bertz CT molecular complexity index is 1070. The molecule has 0 unspecified atom stereocenters. The molecule has 0 saturated carbocycles. The highest BCUT2D eigenvalue weighted by molar-refractivity contribution is 6.32. The monoisotopic (exact) mass is 428 g/mol. The second kappa shape index (κ2) is 8.58. The summed E-state index contributed by atoms with van der Waals surface area (Å²) in [6.07, 6.45) is 0.842. The van der Waals surface area contributed by atoms with E-state index in [4.69, 9.17) is 21.1 Å². The number of aryl methyl sites for hydroxylation is 1. The third kappa shape index (κ3) is 4.16. The molecule has 1 aliphatic rings. The van der Waals surface area contributed by atoms with Crippen molar-refractivity contribution in [3.8, 4) is 11.5 Å². The van der Waals surface area contributed by atoms with Gasteiger partial charge in [-0.3, -0.25) is 4.79 Å². The Morgan fingerprint density at radius 3 is 2.90 bits per heavy atom. The van der Waals surface area contributed by atoms with Crippen molar-refractivity contribution < 1.29 is 14.3 Å². The SMILES string of the molecule is COc1cc(CNc2nnn(C)n2)cc(Cl)c1OCC(=O)N1CCc2ccccc21. The van der Waals surface area contributed by atoms with Crippen molar-refractivity contribution in [2.45, 2.75) is 13.0 Å². The molecule has 0 saturated heterocycles. The molecule has 4 rings (SSSR count). The maximum Gasteiger partial charge on any atom is 0.264 e. The number of carbonyl (C=O) groups excluding carboxylic acids is 1. The van der Waals surface area contributed by atoms with E-state index in [0.717, 1.165) is 23.2 Å². The average Bonchev–Trinajstić information content (AvgIpc) is 3.37. The number of benzene rings is 2. The molecule has 1 aliphatic heterocycles. The van der Waals surface area contributed by atoms with E-state index in [0.29, 0.717) is 35.6 Å². The van der Waals surface area contributed by atoms with Crippen LogP contribution in [0.5, 0.6) is 11.5 Å². The molecular formula is C20H21ClN6O3. The summed E-state index contributed by atoms with van der Waals surface area (Å²) in [6, 6.07) is 11.4. The van der Waals surface area contributed by atoms with Gasteiger partial charge in [0.05, 0.1) is 19.2 Å². The number of halogens is 1. The summed E-state index contributed by atoms with van der Waals surface area (Å²) in [5.74, 6) is 1.06. The van der Waals surface area contributed by atoms with Crippen LogP contribution in [-0.4, -0.2) is 46.4 Å². The topological polar surface area (TPSA) is 94.4 Å². The molecule has 0 aliphatic carbocycles. The van der Waals surface area contributed by atoms with Crippen molar-refractivity contribution in [1.82, 2.24) is 20.2 Å². The molecule has 2 heterocycles. The third-order valence-electron chi connectivity index (χ3n) is 4.78. The van der Waals surface area contributed by atoms with Crippen LogP contribution in [0.3, 0.4) is 0 Å². The van der Waals surface area contributed by atoms with E-state index in [-0.39, 0.29) is 12.5 Å². The van der Waals surface area contributed by atoms with Gasteiger partial charge in [-0.15, -0.1) is 5.10 Å². The number of carbonyl (C=O) groups is 1. The maximum absolute atomic E-state index is 12.7. The fraction of sp³-hybridized carbons (Fsp3) is 0.300. The van der Waals surface area contributed by atoms with Gasteiger partial charge in [0, 0.05) is 18.8 Å². The first-order chi connectivity index (χ1) is 14.5. The van der Waals surface area contributed by atoms with Crippen molar-refractivity contribution in [1.29, 1.82) is 0 Å². The number of anilines is 2. The van der Waals surface area contributed by atoms with Crippen LogP contribution in [0.25, 0.3) is 0 Å². The number of rotatable bonds is 7. The van der Waals surface area contributed by atoms with Gasteiger partial charge in [-0.25, -0.2) is 0 Å². The van der Waals surface area contributed by atoms with Crippen LogP contribution in [0.2, 0.25) is 5.02 Å². The van der Waals surface area contributed by atoms with E-state index in [1.807, 2.05) is 24.3 Å². The molecule has 2 aromatic carbocycles. The third-order valence-corrected chi connectivity index (χ3v) is 5.06. The molecule has 3 aromatic rings. The van der Waals surface area contributed by atoms with Crippen molar-refractivity contribution in [2.24, 2.45) is 7.05 Å². The van der Waals surface area contributed by atoms with Crippen molar-refractivity contribution in [3.05, 3.63) is 52.5 Å². The number of para-hydroxylation sites is 1. The minimum Gasteiger partial charge on any atom is -0.493 e.